The second kappa shape index (κ2) is 6.63. The number of hydrogen-bond donors (Lipinski definition) is 0. The molecule has 0 amide bonds. The van der Waals surface area contributed by atoms with E-state index >= 15 is 0 Å². The third-order valence-corrected chi connectivity index (χ3v) is 5.58. The molecule has 0 atom stereocenters. The highest BCUT2D eigenvalue weighted by Gasteiger charge is 2.12. The standard InChI is InChI=1S/C19H14N2OS2/c1-22-14-8-5-9-15(12-14)24-19-17-16(10-11-23-17)20-18(21-19)13-6-3-2-4-7-13/h2-12H,1H3. The number of fused-ring (bicyclic) bond motifs is 1. The molecule has 24 heavy (non-hydrogen) atoms. The second-order valence-corrected chi connectivity index (χ2v) is 7.11. The first kappa shape index (κ1) is 15.2. The molecule has 0 radical (unpaired) electrons. The topological polar surface area (TPSA) is 35.0 Å². The molecule has 3 nitrogen and oxygen atoms in total. The van der Waals surface area contributed by atoms with Gasteiger partial charge in [0.2, 0.25) is 0 Å². The summed E-state index contributed by atoms with van der Waals surface area (Å²) in [4.78, 5) is 10.6. The lowest BCUT2D eigenvalue weighted by molar-refractivity contribution is 0.413. The zero-order valence-electron chi connectivity index (χ0n) is 13.0. The van der Waals surface area contributed by atoms with Gasteiger partial charge in [0, 0.05) is 10.5 Å². The molecule has 0 aliphatic carbocycles. The van der Waals surface area contributed by atoms with E-state index in [0.29, 0.717) is 0 Å². The zero-order valence-corrected chi connectivity index (χ0v) is 14.6. The summed E-state index contributed by atoms with van der Waals surface area (Å²) in [7, 11) is 1.68. The number of thiophene rings is 1. The molecular formula is C19H14N2OS2. The quantitative estimate of drug-likeness (QED) is 0.454. The number of benzene rings is 2. The van der Waals surface area contributed by atoms with Gasteiger partial charge in [0.1, 0.15) is 10.8 Å². The summed E-state index contributed by atoms with van der Waals surface area (Å²) in [6, 6.07) is 20.2. The first-order valence-corrected chi connectivity index (χ1v) is 9.16. The Bertz CT molecular complexity index is 983. The Hall–Kier alpha value is -2.37. The van der Waals surface area contributed by atoms with Gasteiger partial charge in [-0.1, -0.05) is 48.2 Å². The Morgan fingerprint density at radius 3 is 2.67 bits per heavy atom. The number of nitrogens with zero attached hydrogens (tertiary/aromatic N) is 2. The normalized spacial score (nSPS) is 10.9. The van der Waals surface area contributed by atoms with E-state index < -0.39 is 0 Å². The summed E-state index contributed by atoms with van der Waals surface area (Å²) >= 11 is 3.31. The highest BCUT2D eigenvalue weighted by Crippen LogP contribution is 2.36. The summed E-state index contributed by atoms with van der Waals surface area (Å²) in [5.41, 5.74) is 2.01. The van der Waals surface area contributed by atoms with Gasteiger partial charge in [-0.05, 0) is 29.6 Å². The highest BCUT2D eigenvalue weighted by atomic mass is 32.2. The molecule has 118 valence electrons. The zero-order chi connectivity index (χ0) is 16.4. The second-order valence-electron chi connectivity index (χ2n) is 5.13. The maximum Gasteiger partial charge on any atom is 0.161 e. The molecule has 4 rings (SSSR count). The van der Waals surface area contributed by atoms with E-state index in [-0.39, 0.29) is 0 Å². The van der Waals surface area contributed by atoms with Crippen molar-refractivity contribution in [2.24, 2.45) is 0 Å². The van der Waals surface area contributed by atoms with E-state index in [2.05, 4.69) is 11.4 Å². The van der Waals surface area contributed by atoms with Gasteiger partial charge < -0.3 is 4.74 Å². The Morgan fingerprint density at radius 1 is 0.958 bits per heavy atom. The maximum atomic E-state index is 5.31. The first-order valence-electron chi connectivity index (χ1n) is 7.46. The van der Waals surface area contributed by atoms with E-state index in [0.717, 1.165) is 37.3 Å². The van der Waals surface area contributed by atoms with Gasteiger partial charge in [0.25, 0.3) is 0 Å². The molecule has 4 aromatic rings. The molecule has 2 aromatic heterocycles. The molecule has 2 heterocycles. The average molecular weight is 350 g/mol. The first-order chi connectivity index (χ1) is 11.8. The van der Waals surface area contributed by atoms with Crippen molar-refractivity contribution in [2.45, 2.75) is 9.92 Å². The molecule has 0 bridgehead atoms. The van der Waals surface area contributed by atoms with Crippen LogP contribution in [0.5, 0.6) is 5.75 Å². The molecule has 0 aliphatic heterocycles. The molecule has 0 N–H and O–H groups in total. The van der Waals surface area contributed by atoms with Crippen LogP contribution in [0.15, 0.2) is 76.0 Å². The van der Waals surface area contributed by atoms with Crippen molar-refractivity contribution in [3.8, 4) is 17.1 Å². The lowest BCUT2D eigenvalue weighted by atomic mass is 10.2. The van der Waals surface area contributed by atoms with Crippen molar-refractivity contribution in [3.63, 3.8) is 0 Å². The van der Waals surface area contributed by atoms with Crippen LogP contribution in [0, 0.1) is 0 Å². The third kappa shape index (κ3) is 3.00. The van der Waals surface area contributed by atoms with Crippen LogP contribution in [0.1, 0.15) is 0 Å². The van der Waals surface area contributed by atoms with Gasteiger partial charge in [0.05, 0.1) is 17.3 Å². The Kier molecular flexibility index (Phi) is 4.19. The van der Waals surface area contributed by atoms with Crippen LogP contribution in [-0.2, 0) is 0 Å². The van der Waals surface area contributed by atoms with Crippen molar-refractivity contribution >= 4 is 33.3 Å². The Morgan fingerprint density at radius 2 is 1.83 bits per heavy atom. The van der Waals surface area contributed by atoms with E-state index in [9.17, 15) is 0 Å². The van der Waals surface area contributed by atoms with Crippen molar-refractivity contribution in [1.29, 1.82) is 0 Å². The summed E-state index contributed by atoms with van der Waals surface area (Å²) in [5.74, 6) is 1.60. The van der Waals surface area contributed by atoms with Gasteiger partial charge in [-0.15, -0.1) is 11.3 Å². The van der Waals surface area contributed by atoms with Crippen LogP contribution in [0.4, 0.5) is 0 Å². The summed E-state index contributed by atoms with van der Waals surface area (Å²) < 4.78 is 6.43. The van der Waals surface area contributed by atoms with E-state index in [4.69, 9.17) is 14.7 Å². The van der Waals surface area contributed by atoms with Crippen LogP contribution in [0.2, 0.25) is 0 Å². The summed E-state index contributed by atoms with van der Waals surface area (Å²) in [6.07, 6.45) is 0. The monoisotopic (exact) mass is 350 g/mol. The van der Waals surface area contributed by atoms with E-state index in [1.54, 1.807) is 30.2 Å². The molecule has 2 aromatic carbocycles. The number of ether oxygens (including phenoxy) is 1. The SMILES string of the molecule is COc1cccc(Sc2nc(-c3ccccc3)nc3ccsc23)c1. The molecule has 0 aliphatic rings. The maximum absolute atomic E-state index is 5.31. The fourth-order valence-electron chi connectivity index (χ4n) is 2.40. The van der Waals surface area contributed by atoms with E-state index in [1.807, 2.05) is 54.6 Å². The molecular weight excluding hydrogens is 336 g/mol. The van der Waals surface area contributed by atoms with Crippen LogP contribution >= 0.6 is 23.1 Å². The molecule has 0 saturated heterocycles. The number of aromatic nitrogens is 2. The van der Waals surface area contributed by atoms with Gasteiger partial charge in [-0.25, -0.2) is 9.97 Å². The third-order valence-electron chi connectivity index (χ3n) is 3.56. The molecule has 0 fully saturated rings. The lowest BCUT2D eigenvalue weighted by Crippen LogP contribution is -1.91. The van der Waals surface area contributed by atoms with Crippen molar-refractivity contribution < 1.29 is 4.74 Å². The van der Waals surface area contributed by atoms with Gasteiger partial charge in [-0.3, -0.25) is 0 Å². The van der Waals surface area contributed by atoms with Crippen molar-refractivity contribution in [3.05, 3.63) is 66.0 Å². The molecule has 0 saturated carbocycles. The minimum atomic E-state index is 0.756. The molecule has 0 unspecified atom stereocenters. The molecule has 0 spiro atoms. The fourth-order valence-corrected chi connectivity index (χ4v) is 4.26. The van der Waals surface area contributed by atoms with Gasteiger partial charge in [-0.2, -0.15) is 0 Å². The smallest absolute Gasteiger partial charge is 0.161 e. The Balaban J connectivity index is 1.80. The average Bonchev–Trinajstić information content (AvgIpc) is 3.11. The largest absolute Gasteiger partial charge is 0.497 e. The minimum absolute atomic E-state index is 0.756. The number of hydrogen-bond acceptors (Lipinski definition) is 5. The lowest BCUT2D eigenvalue weighted by Gasteiger charge is -2.07. The van der Waals surface area contributed by atoms with Crippen LogP contribution in [0.25, 0.3) is 21.6 Å². The number of methoxy groups -OCH3 is 1. The van der Waals surface area contributed by atoms with Crippen LogP contribution in [0.3, 0.4) is 0 Å². The summed E-state index contributed by atoms with van der Waals surface area (Å²) in [5, 5.41) is 3.03. The fraction of sp³-hybridized carbons (Fsp3) is 0.0526. The van der Waals surface area contributed by atoms with Crippen molar-refractivity contribution in [1.82, 2.24) is 9.97 Å². The summed E-state index contributed by atoms with van der Waals surface area (Å²) in [6.45, 7) is 0. The predicted octanol–water partition coefficient (Wildman–Crippen LogP) is 5.52. The van der Waals surface area contributed by atoms with Crippen molar-refractivity contribution in [2.75, 3.05) is 7.11 Å². The van der Waals surface area contributed by atoms with Crippen LogP contribution < -0.4 is 4.74 Å². The van der Waals surface area contributed by atoms with Gasteiger partial charge in [0.15, 0.2) is 5.82 Å². The van der Waals surface area contributed by atoms with E-state index in [1.165, 1.54) is 0 Å². The predicted molar refractivity (Wildman–Crippen MR) is 100.0 cm³/mol. The van der Waals surface area contributed by atoms with Crippen LogP contribution in [-0.4, -0.2) is 17.1 Å². The van der Waals surface area contributed by atoms with Gasteiger partial charge >= 0.3 is 0 Å². The highest BCUT2D eigenvalue weighted by molar-refractivity contribution is 7.99. The molecule has 5 heteroatoms. The Labute approximate surface area is 148 Å². The number of rotatable bonds is 4. The minimum Gasteiger partial charge on any atom is -0.497 e.